The first kappa shape index (κ1) is 18.4. The van der Waals surface area contributed by atoms with Gasteiger partial charge in [0, 0.05) is 12.4 Å². The minimum atomic E-state index is -0.914. The van der Waals surface area contributed by atoms with Crippen molar-refractivity contribution in [3.05, 3.63) is 18.7 Å². The molecule has 0 saturated carbocycles. The molecule has 144 valence electrons. The lowest BCUT2D eigenvalue weighted by Gasteiger charge is -2.42. The van der Waals surface area contributed by atoms with Crippen LogP contribution < -0.4 is 0 Å². The first-order valence-electron chi connectivity index (χ1n) is 8.70. The second-order valence-corrected chi connectivity index (χ2v) is 8.18. The summed E-state index contributed by atoms with van der Waals surface area (Å²) in [6.07, 6.45) is 1.80. The van der Waals surface area contributed by atoms with Crippen LogP contribution in [0.15, 0.2) is 18.7 Å². The van der Waals surface area contributed by atoms with Crippen LogP contribution in [0.3, 0.4) is 0 Å². The molecule has 6 unspecified atom stereocenters. The fourth-order valence-electron chi connectivity index (χ4n) is 3.78. The molecular formula is C17H24N2O6S. The normalized spacial score (nSPS) is 41.1. The van der Waals surface area contributed by atoms with Gasteiger partial charge in [0.2, 0.25) is 0 Å². The molecule has 0 aliphatic carbocycles. The average molecular weight is 384 g/mol. The zero-order valence-electron chi connectivity index (χ0n) is 15.2. The third-order valence-corrected chi connectivity index (χ3v) is 5.36. The van der Waals surface area contributed by atoms with Crippen LogP contribution in [0.2, 0.25) is 0 Å². The molecule has 8 nitrogen and oxygen atoms in total. The summed E-state index contributed by atoms with van der Waals surface area (Å²) in [6, 6.07) is 0. The molecule has 1 aromatic heterocycles. The molecule has 9 heteroatoms. The number of fused-ring (bicyclic) bond motifs is 1. The molecule has 26 heavy (non-hydrogen) atoms. The van der Waals surface area contributed by atoms with Gasteiger partial charge in [-0.15, -0.1) is 0 Å². The van der Waals surface area contributed by atoms with Gasteiger partial charge in [-0.1, -0.05) is 12.2 Å². The number of hydrogen-bond acceptors (Lipinski definition) is 8. The Hall–Kier alpha value is -0.940. The van der Waals surface area contributed by atoms with E-state index >= 15 is 0 Å². The summed E-state index contributed by atoms with van der Waals surface area (Å²) >= 11 is 5.65. The van der Waals surface area contributed by atoms with Crippen molar-refractivity contribution in [2.24, 2.45) is 5.92 Å². The average Bonchev–Trinajstić information content (AvgIpc) is 3.24. The molecule has 0 amide bonds. The quantitative estimate of drug-likeness (QED) is 0.758. The van der Waals surface area contributed by atoms with Gasteiger partial charge in [-0.2, -0.15) is 0 Å². The molecule has 3 aliphatic rings. The Morgan fingerprint density at radius 2 is 1.92 bits per heavy atom. The van der Waals surface area contributed by atoms with E-state index in [4.69, 9.17) is 35.9 Å². The lowest BCUT2D eigenvalue weighted by Crippen LogP contribution is -2.60. The lowest BCUT2D eigenvalue weighted by molar-refractivity contribution is -0.253. The van der Waals surface area contributed by atoms with Crippen molar-refractivity contribution >= 4 is 17.2 Å². The topological polar surface area (TPSA) is 84.2 Å². The zero-order valence-corrected chi connectivity index (χ0v) is 16.0. The summed E-state index contributed by atoms with van der Waals surface area (Å²) in [5.41, 5.74) is 0. The first-order chi connectivity index (χ1) is 12.2. The Bertz CT molecular complexity index is 679. The van der Waals surface area contributed by atoms with Crippen molar-refractivity contribution in [3.63, 3.8) is 0 Å². The van der Waals surface area contributed by atoms with Crippen LogP contribution in [-0.2, 0) is 23.7 Å². The zero-order chi connectivity index (χ0) is 18.7. The van der Waals surface area contributed by atoms with Crippen LogP contribution in [-0.4, -0.2) is 68.5 Å². The molecule has 1 N–H and O–H groups in total. The summed E-state index contributed by atoms with van der Waals surface area (Å²) in [4.78, 5) is 4.53. The van der Waals surface area contributed by atoms with E-state index in [1.165, 1.54) is 0 Å². The van der Waals surface area contributed by atoms with Gasteiger partial charge in [-0.05, 0) is 27.7 Å². The van der Waals surface area contributed by atoms with Crippen LogP contribution in [0.1, 0.15) is 27.7 Å². The molecule has 3 aliphatic heterocycles. The van der Waals surface area contributed by atoms with Crippen LogP contribution in [0.25, 0.3) is 0 Å². The van der Waals surface area contributed by atoms with E-state index in [1.807, 2.05) is 13.8 Å². The Morgan fingerprint density at radius 3 is 2.54 bits per heavy atom. The van der Waals surface area contributed by atoms with E-state index in [-0.39, 0.29) is 6.10 Å². The highest BCUT2D eigenvalue weighted by atomic mass is 32.1. The molecule has 0 bridgehead atoms. The van der Waals surface area contributed by atoms with Gasteiger partial charge in [0.1, 0.15) is 18.3 Å². The molecule has 0 radical (unpaired) electrons. The second kappa shape index (κ2) is 6.30. The predicted octanol–water partition coefficient (Wildman–Crippen LogP) is 1.06. The lowest BCUT2D eigenvalue weighted by atomic mass is 9.86. The largest absolute Gasteiger partial charge is 0.389 e. The van der Waals surface area contributed by atoms with E-state index in [9.17, 15) is 5.11 Å². The van der Waals surface area contributed by atoms with Crippen molar-refractivity contribution in [2.45, 2.75) is 70.0 Å². The van der Waals surface area contributed by atoms with Gasteiger partial charge in [0.25, 0.3) is 0 Å². The van der Waals surface area contributed by atoms with Gasteiger partial charge in [0.05, 0.1) is 29.9 Å². The molecule has 1 aromatic rings. The van der Waals surface area contributed by atoms with E-state index < -0.39 is 42.1 Å². The predicted molar refractivity (Wildman–Crippen MR) is 93.3 cm³/mol. The molecule has 0 spiro atoms. The first-order valence-corrected chi connectivity index (χ1v) is 9.11. The number of ether oxygens (including phenoxy) is 5. The van der Waals surface area contributed by atoms with E-state index in [2.05, 4.69) is 4.98 Å². The maximum absolute atomic E-state index is 11.1. The van der Waals surface area contributed by atoms with Gasteiger partial charge < -0.3 is 28.8 Å². The second-order valence-electron chi connectivity index (χ2n) is 7.76. The van der Waals surface area contributed by atoms with Crippen LogP contribution in [0, 0.1) is 5.92 Å². The number of thiocarbonyl (C=S) groups is 1. The third kappa shape index (κ3) is 3.22. The number of hydrogen-bond donors (Lipinski definition) is 1. The molecule has 0 aromatic carbocycles. The molecule has 4 rings (SSSR count). The van der Waals surface area contributed by atoms with Crippen molar-refractivity contribution in [3.8, 4) is 0 Å². The Labute approximate surface area is 157 Å². The monoisotopic (exact) mass is 384 g/mol. The van der Waals surface area contributed by atoms with E-state index in [0.29, 0.717) is 11.6 Å². The van der Waals surface area contributed by atoms with Crippen molar-refractivity contribution < 1.29 is 28.8 Å². The number of nitrogens with zero attached hydrogens (tertiary/aromatic N) is 2. The van der Waals surface area contributed by atoms with Gasteiger partial charge in [0.15, 0.2) is 17.9 Å². The SMILES string of the molecule is CC1(C)OCC(C2OC3OC(C)(C)OC3C(O)C2C(=S)n2ccnc2)O1. The number of imidazole rings is 1. The Balaban J connectivity index is 1.66. The summed E-state index contributed by atoms with van der Waals surface area (Å²) < 4.78 is 31.3. The highest BCUT2D eigenvalue weighted by Crippen LogP contribution is 2.42. The van der Waals surface area contributed by atoms with Crippen LogP contribution in [0.4, 0.5) is 0 Å². The number of aliphatic hydroxyl groups is 1. The minimum absolute atomic E-state index is 0.342. The van der Waals surface area contributed by atoms with Gasteiger partial charge in [-0.3, -0.25) is 4.57 Å². The Kier molecular flexibility index (Phi) is 4.47. The molecule has 3 fully saturated rings. The summed E-state index contributed by atoms with van der Waals surface area (Å²) in [5.74, 6) is -2.11. The summed E-state index contributed by atoms with van der Waals surface area (Å²) in [6.45, 7) is 7.61. The summed E-state index contributed by atoms with van der Waals surface area (Å²) in [7, 11) is 0. The molecular weight excluding hydrogens is 360 g/mol. The van der Waals surface area contributed by atoms with Crippen molar-refractivity contribution in [1.82, 2.24) is 9.55 Å². The highest BCUT2D eigenvalue weighted by Gasteiger charge is 2.58. The Morgan fingerprint density at radius 1 is 1.15 bits per heavy atom. The minimum Gasteiger partial charge on any atom is -0.389 e. The highest BCUT2D eigenvalue weighted by molar-refractivity contribution is 7.80. The fraction of sp³-hybridized carbons (Fsp3) is 0.765. The van der Waals surface area contributed by atoms with Gasteiger partial charge >= 0.3 is 0 Å². The number of aliphatic hydroxyl groups excluding tert-OH is 1. The molecule has 3 saturated heterocycles. The van der Waals surface area contributed by atoms with Crippen molar-refractivity contribution in [2.75, 3.05) is 6.61 Å². The maximum atomic E-state index is 11.1. The van der Waals surface area contributed by atoms with Crippen molar-refractivity contribution in [1.29, 1.82) is 0 Å². The standard InChI is InChI=1S/C17H24N2O6S/c1-16(2)21-7-9(23-16)12-10(14(26)19-6-5-18-8-19)11(20)13-15(22-12)25-17(3,4)24-13/h5-6,8-13,15,20H,7H2,1-4H3. The third-order valence-electron chi connectivity index (χ3n) is 4.88. The van der Waals surface area contributed by atoms with Crippen LogP contribution >= 0.6 is 12.2 Å². The van der Waals surface area contributed by atoms with Crippen LogP contribution in [0.5, 0.6) is 0 Å². The number of rotatable bonds is 2. The van der Waals surface area contributed by atoms with E-state index in [0.717, 1.165) is 0 Å². The smallest absolute Gasteiger partial charge is 0.190 e. The van der Waals surface area contributed by atoms with E-state index in [1.54, 1.807) is 37.1 Å². The molecule has 6 atom stereocenters. The maximum Gasteiger partial charge on any atom is 0.190 e. The fourth-order valence-corrected chi connectivity index (χ4v) is 4.16. The number of aromatic nitrogens is 2. The van der Waals surface area contributed by atoms with Gasteiger partial charge in [-0.25, -0.2) is 4.98 Å². The molecule has 4 heterocycles. The summed E-state index contributed by atoms with van der Waals surface area (Å²) in [5, 5.41) is 11.1.